The minimum absolute atomic E-state index is 0. The molecular weight excluding hydrogens is 1090 g/mol. The summed E-state index contributed by atoms with van der Waals surface area (Å²) >= 11 is 0. The van der Waals surface area contributed by atoms with E-state index >= 15 is 0 Å². The number of carbonyl (C=O) groups excluding carboxylic acids is 3. The van der Waals surface area contributed by atoms with Gasteiger partial charge in [0.15, 0.2) is 0 Å². The molecule has 5 rings (SSSR count). The van der Waals surface area contributed by atoms with Gasteiger partial charge in [0.2, 0.25) is 5.91 Å². The van der Waals surface area contributed by atoms with Crippen molar-refractivity contribution >= 4 is 35.1 Å². The Bertz CT molecular complexity index is 1560. The van der Waals surface area contributed by atoms with E-state index in [9.17, 15) is 14.4 Å². The first-order valence-electron chi connectivity index (χ1n) is 30.8. The van der Waals surface area contributed by atoms with Crippen LogP contribution in [0.4, 0.5) is 9.59 Å². The lowest BCUT2D eigenvalue weighted by atomic mass is 10.2. The maximum atomic E-state index is 11.9. The molecule has 0 atom stereocenters. The second kappa shape index (κ2) is 51.7. The topological polar surface area (TPSA) is 197 Å². The molecule has 20 heteroatoms. The molecule has 0 bridgehead atoms. The van der Waals surface area contributed by atoms with Crippen molar-refractivity contribution in [1.82, 2.24) is 61.3 Å². The zero-order valence-corrected chi connectivity index (χ0v) is 56.9. The van der Waals surface area contributed by atoms with E-state index in [-0.39, 0.29) is 29.2 Å². The van der Waals surface area contributed by atoms with E-state index in [1.54, 1.807) is 4.90 Å². The van der Waals surface area contributed by atoms with E-state index in [1.807, 2.05) is 62.9 Å². The molecule has 19 nitrogen and oxygen atoms in total. The molecular formula is C61H128BrN13O6. The summed E-state index contributed by atoms with van der Waals surface area (Å²) in [5, 5.41) is 18.8. The number of halogens is 1. The summed E-state index contributed by atoms with van der Waals surface area (Å²) in [5.74, 6) is 0.295. The minimum atomic E-state index is -0.421. The van der Waals surface area contributed by atoms with Crippen LogP contribution in [0.3, 0.4) is 0 Å². The first kappa shape index (κ1) is 82.5. The fourth-order valence-corrected chi connectivity index (χ4v) is 8.08. The molecule has 480 valence electrons. The Labute approximate surface area is 507 Å². The van der Waals surface area contributed by atoms with Crippen molar-refractivity contribution in [2.45, 2.75) is 199 Å². The maximum absolute atomic E-state index is 11.9. The highest BCUT2D eigenvalue weighted by atomic mass is 79.9. The second-order valence-corrected chi connectivity index (χ2v) is 23.6. The van der Waals surface area contributed by atoms with Crippen LogP contribution >= 0.6 is 17.0 Å². The van der Waals surface area contributed by atoms with Crippen molar-refractivity contribution in [3.8, 4) is 0 Å². The van der Waals surface area contributed by atoms with E-state index in [4.69, 9.17) is 19.9 Å². The molecule has 0 spiro atoms. The molecule has 4 aliphatic rings. The molecule has 0 aromatic heterocycles. The zero-order valence-electron chi connectivity index (χ0n) is 55.2. The van der Waals surface area contributed by atoms with Gasteiger partial charge in [-0.3, -0.25) is 24.4 Å². The number of nitrogens with zero attached hydrogens (tertiary/aromatic N) is 6. The number of piperazine rings is 4. The Morgan fingerprint density at radius 1 is 0.556 bits per heavy atom. The number of benzene rings is 1. The van der Waals surface area contributed by atoms with Gasteiger partial charge in [0.25, 0.3) is 0 Å². The van der Waals surface area contributed by atoms with Crippen LogP contribution in [0.1, 0.15) is 150 Å². The third kappa shape index (κ3) is 49.3. The van der Waals surface area contributed by atoms with Gasteiger partial charge in [-0.2, -0.15) is 0 Å². The SMILES string of the molecule is Br.CC(C)N1CCN(C(=O)OCc2ccccc2)CC1.CC(C)N1CCNCC1.CC(C)N1CCNCC1.CC(C)NCCNC(=O)OC(C)(C)C.CC(C)NCN.CCC(=O)N1CCN(C(C)C)CC1.CCCOCCNC(C)C. The number of hydrogen-bond acceptors (Lipinski definition) is 16. The second-order valence-electron chi connectivity index (χ2n) is 23.6. The first-order valence-corrected chi connectivity index (χ1v) is 30.8. The van der Waals surface area contributed by atoms with Crippen LogP contribution in [0, 0.1) is 0 Å². The molecule has 4 aliphatic heterocycles. The number of nitrogens with one attached hydrogen (secondary N) is 6. The molecule has 3 amide bonds. The normalized spacial score (nSPS) is 16.2. The average Bonchev–Trinajstić information content (AvgIpc) is 3.42. The number of amides is 3. The lowest BCUT2D eigenvalue weighted by Gasteiger charge is -2.36. The van der Waals surface area contributed by atoms with E-state index in [0.717, 1.165) is 129 Å². The van der Waals surface area contributed by atoms with Crippen LogP contribution in [0.5, 0.6) is 0 Å². The lowest BCUT2D eigenvalue weighted by molar-refractivity contribution is -0.132. The molecule has 0 aliphatic carbocycles. The molecule has 1 aromatic carbocycles. The van der Waals surface area contributed by atoms with Gasteiger partial charge in [-0.05, 0) is 102 Å². The highest BCUT2D eigenvalue weighted by Gasteiger charge is 2.24. The number of carbonyl (C=O) groups is 3. The number of ether oxygens (including phenoxy) is 3. The summed E-state index contributed by atoms with van der Waals surface area (Å²) in [6.45, 7) is 61.7. The van der Waals surface area contributed by atoms with Gasteiger partial charge >= 0.3 is 12.2 Å². The molecule has 4 heterocycles. The Morgan fingerprint density at radius 2 is 0.963 bits per heavy atom. The van der Waals surface area contributed by atoms with Crippen LogP contribution in [-0.4, -0.2) is 240 Å². The lowest BCUT2D eigenvalue weighted by Crippen LogP contribution is -2.50. The number of rotatable bonds is 19. The molecule has 0 radical (unpaired) electrons. The van der Waals surface area contributed by atoms with Crippen molar-refractivity contribution in [3.63, 3.8) is 0 Å². The fraction of sp³-hybridized carbons (Fsp3) is 0.852. The highest BCUT2D eigenvalue weighted by molar-refractivity contribution is 8.93. The Kier molecular flexibility index (Phi) is 52.6. The quantitative estimate of drug-likeness (QED) is 0.0538. The summed E-state index contributed by atoms with van der Waals surface area (Å²) in [5.41, 5.74) is 5.72. The Hall–Kier alpha value is -2.73. The van der Waals surface area contributed by atoms with Gasteiger partial charge in [0.1, 0.15) is 12.2 Å². The molecule has 0 saturated carbocycles. The summed E-state index contributed by atoms with van der Waals surface area (Å²) in [4.78, 5) is 48.0. The van der Waals surface area contributed by atoms with Gasteiger partial charge in [0, 0.05) is 186 Å². The van der Waals surface area contributed by atoms with Gasteiger partial charge in [-0.1, -0.05) is 71.9 Å². The van der Waals surface area contributed by atoms with E-state index < -0.39 is 5.60 Å². The van der Waals surface area contributed by atoms with Crippen molar-refractivity contribution in [2.75, 3.05) is 144 Å². The number of nitrogens with two attached hydrogens (primary N) is 1. The molecule has 0 unspecified atom stereocenters. The van der Waals surface area contributed by atoms with Crippen LogP contribution in [0.2, 0.25) is 0 Å². The molecule has 4 fully saturated rings. The van der Waals surface area contributed by atoms with E-state index in [2.05, 4.69) is 155 Å². The number of hydrogen-bond donors (Lipinski definition) is 7. The van der Waals surface area contributed by atoms with E-state index in [1.165, 1.54) is 26.2 Å². The molecule has 81 heavy (non-hydrogen) atoms. The fourth-order valence-electron chi connectivity index (χ4n) is 8.08. The molecule has 4 saturated heterocycles. The predicted octanol–water partition coefficient (Wildman–Crippen LogP) is 7.30. The van der Waals surface area contributed by atoms with Gasteiger partial charge in [0.05, 0.1) is 6.61 Å². The minimum Gasteiger partial charge on any atom is -0.445 e. The molecule has 1 aromatic rings. The van der Waals surface area contributed by atoms with Gasteiger partial charge < -0.3 is 61.6 Å². The van der Waals surface area contributed by atoms with Gasteiger partial charge in [-0.15, -0.1) is 17.0 Å². The standard InChI is InChI=1S/C15H22N2O2.C10H22N2O2.C10H20N2O.C8H19NO.2C7H16N2.C4H12N2.BrH/c1-13(2)16-8-10-17(11-9-16)15(18)19-12-14-6-4-3-5-7-14;1-8(2)11-6-7-12-9(13)14-10(3,4)5;1-4-10(13)12-7-5-11(6-8-12)9(2)3;1-4-6-10-7-5-9-8(2)3;2*1-7(2)9-5-3-8-4-6-9;1-4(2)6-3-5;/h3-7,13H,8-12H2,1-2H3;8,11H,6-7H2,1-5H3,(H,12,13);9H,4-8H2,1-3H3;8-9H,4-7H2,1-3H3;2*7-8H,3-6H2,1-2H3;4,6H,3,5H2,1-2H3;1H. The average molecular weight is 1220 g/mol. The monoisotopic (exact) mass is 1220 g/mol. The Balaban J connectivity index is -0.000000898. The van der Waals surface area contributed by atoms with Crippen LogP contribution in [0.15, 0.2) is 30.3 Å². The predicted molar refractivity (Wildman–Crippen MR) is 347 cm³/mol. The molecule has 8 N–H and O–H groups in total. The summed E-state index contributed by atoms with van der Waals surface area (Å²) in [7, 11) is 0. The number of alkyl carbamates (subject to hydrolysis) is 1. The van der Waals surface area contributed by atoms with Crippen LogP contribution in [0.25, 0.3) is 0 Å². The smallest absolute Gasteiger partial charge is 0.410 e. The third-order valence-electron chi connectivity index (χ3n) is 13.0. The van der Waals surface area contributed by atoms with Crippen molar-refractivity contribution < 1.29 is 28.6 Å². The van der Waals surface area contributed by atoms with Gasteiger partial charge in [-0.25, -0.2) is 9.59 Å². The summed E-state index contributed by atoms with van der Waals surface area (Å²) in [6, 6.07) is 13.9. The van der Waals surface area contributed by atoms with E-state index in [0.29, 0.717) is 62.4 Å². The van der Waals surface area contributed by atoms with Crippen LogP contribution in [-0.2, 0) is 25.6 Å². The third-order valence-corrected chi connectivity index (χ3v) is 13.0. The van der Waals surface area contributed by atoms with Crippen molar-refractivity contribution in [3.05, 3.63) is 35.9 Å². The maximum Gasteiger partial charge on any atom is 0.410 e. The largest absolute Gasteiger partial charge is 0.445 e. The zero-order chi connectivity index (χ0) is 60.9. The van der Waals surface area contributed by atoms with Crippen molar-refractivity contribution in [1.29, 1.82) is 0 Å². The van der Waals surface area contributed by atoms with Crippen molar-refractivity contribution in [2.24, 2.45) is 5.73 Å². The summed E-state index contributed by atoms with van der Waals surface area (Å²) < 4.78 is 15.7. The highest BCUT2D eigenvalue weighted by Crippen LogP contribution is 2.10. The Morgan fingerprint density at radius 3 is 1.31 bits per heavy atom. The first-order chi connectivity index (χ1) is 37.8. The summed E-state index contributed by atoms with van der Waals surface area (Å²) in [6.07, 6.45) is 1.19. The van der Waals surface area contributed by atoms with Crippen LogP contribution < -0.4 is 37.6 Å².